The predicted molar refractivity (Wildman–Crippen MR) is 125 cm³/mol. The van der Waals surface area contributed by atoms with Crippen LogP contribution < -0.4 is 15.4 Å². The smallest absolute Gasteiger partial charge is 0.244 e. The summed E-state index contributed by atoms with van der Waals surface area (Å²) < 4.78 is 40.7. The Morgan fingerprint density at radius 3 is 2.36 bits per heavy atom. The fourth-order valence-electron chi connectivity index (χ4n) is 3.02. The van der Waals surface area contributed by atoms with Crippen LogP contribution in [0.15, 0.2) is 58.8 Å². The summed E-state index contributed by atoms with van der Waals surface area (Å²) in [6, 6.07) is 11.1. The Labute approximate surface area is 195 Å². The lowest BCUT2D eigenvalue weighted by molar-refractivity contribution is -0.119. The lowest BCUT2D eigenvalue weighted by atomic mass is 10.1. The molecule has 174 valence electrons. The number of hydrogen-bond acceptors (Lipinski definition) is 6. The van der Waals surface area contributed by atoms with E-state index in [0.29, 0.717) is 10.8 Å². The van der Waals surface area contributed by atoms with Crippen molar-refractivity contribution in [2.24, 2.45) is 0 Å². The van der Waals surface area contributed by atoms with Crippen LogP contribution in [-0.4, -0.2) is 31.3 Å². The molecule has 2 aromatic carbocycles. The minimum Gasteiger partial charge on any atom is -0.350 e. The van der Waals surface area contributed by atoms with Gasteiger partial charge < -0.3 is 10.6 Å². The SMILES string of the molecule is CC(=O)NC(C)c1ccc(-c2csc(NC(=O)[C@H](C)NS(=O)(=O)c3ccccc3F)n2)cc1. The molecule has 1 unspecified atom stereocenters. The van der Waals surface area contributed by atoms with Crippen LogP contribution in [-0.2, 0) is 19.6 Å². The number of benzene rings is 2. The Hall–Kier alpha value is -3.15. The first-order valence-corrected chi connectivity index (χ1v) is 12.3. The summed E-state index contributed by atoms with van der Waals surface area (Å²) >= 11 is 1.19. The molecule has 0 bridgehead atoms. The van der Waals surface area contributed by atoms with E-state index in [-0.39, 0.29) is 11.9 Å². The van der Waals surface area contributed by atoms with Gasteiger partial charge in [0.05, 0.1) is 17.8 Å². The van der Waals surface area contributed by atoms with Crippen LogP contribution in [0.2, 0.25) is 0 Å². The molecule has 0 fully saturated rings. The maximum absolute atomic E-state index is 13.8. The molecule has 1 aromatic heterocycles. The van der Waals surface area contributed by atoms with E-state index in [1.54, 1.807) is 5.38 Å². The quantitative estimate of drug-likeness (QED) is 0.447. The number of rotatable bonds is 8. The lowest BCUT2D eigenvalue weighted by Gasteiger charge is -2.14. The molecular formula is C22H23FN4O4S2. The first kappa shape index (κ1) is 24.5. The molecule has 33 heavy (non-hydrogen) atoms. The largest absolute Gasteiger partial charge is 0.350 e. The second-order valence-electron chi connectivity index (χ2n) is 7.34. The molecule has 0 spiro atoms. The Morgan fingerprint density at radius 2 is 1.73 bits per heavy atom. The molecule has 11 heteroatoms. The van der Waals surface area contributed by atoms with E-state index in [1.165, 1.54) is 37.3 Å². The number of aromatic nitrogens is 1. The van der Waals surface area contributed by atoms with Crippen LogP contribution in [0.1, 0.15) is 32.4 Å². The van der Waals surface area contributed by atoms with Crippen LogP contribution >= 0.6 is 11.3 Å². The molecule has 2 atom stereocenters. The second kappa shape index (κ2) is 10.2. The van der Waals surface area contributed by atoms with E-state index < -0.39 is 32.7 Å². The summed E-state index contributed by atoms with van der Waals surface area (Å²) in [5, 5.41) is 7.44. The Morgan fingerprint density at radius 1 is 1.06 bits per heavy atom. The van der Waals surface area contributed by atoms with Crippen molar-refractivity contribution in [1.29, 1.82) is 0 Å². The molecule has 1 heterocycles. The summed E-state index contributed by atoms with van der Waals surface area (Å²) in [5.74, 6) is -1.65. The normalized spacial score (nSPS) is 13.2. The molecule has 3 rings (SSSR count). The van der Waals surface area contributed by atoms with Gasteiger partial charge >= 0.3 is 0 Å². The number of carbonyl (C=O) groups excluding carboxylic acids is 2. The van der Waals surface area contributed by atoms with E-state index in [1.807, 2.05) is 31.2 Å². The number of nitrogens with one attached hydrogen (secondary N) is 3. The number of nitrogens with zero attached hydrogens (tertiary/aromatic N) is 1. The molecule has 3 aromatic rings. The highest BCUT2D eigenvalue weighted by Crippen LogP contribution is 2.26. The average molecular weight is 491 g/mol. The molecule has 8 nitrogen and oxygen atoms in total. The number of halogens is 1. The number of anilines is 1. The average Bonchev–Trinajstić information content (AvgIpc) is 3.21. The fourth-order valence-corrected chi connectivity index (χ4v) is 5.03. The third-order valence-corrected chi connectivity index (χ3v) is 7.04. The van der Waals surface area contributed by atoms with Crippen molar-refractivity contribution in [3.63, 3.8) is 0 Å². The molecule has 0 saturated carbocycles. The van der Waals surface area contributed by atoms with Gasteiger partial charge in [0.15, 0.2) is 5.13 Å². The maximum Gasteiger partial charge on any atom is 0.244 e. The van der Waals surface area contributed by atoms with Crippen LogP contribution in [0.5, 0.6) is 0 Å². The molecule has 0 radical (unpaired) electrons. The monoisotopic (exact) mass is 490 g/mol. The van der Waals surface area contributed by atoms with E-state index in [4.69, 9.17) is 0 Å². The summed E-state index contributed by atoms with van der Waals surface area (Å²) in [6.45, 7) is 4.70. The first-order chi connectivity index (χ1) is 15.6. The van der Waals surface area contributed by atoms with Gasteiger partial charge in [0.25, 0.3) is 0 Å². The van der Waals surface area contributed by atoms with Crippen LogP contribution in [0.4, 0.5) is 9.52 Å². The van der Waals surface area contributed by atoms with Crippen molar-refractivity contribution in [3.8, 4) is 11.3 Å². The number of thiazole rings is 1. The maximum atomic E-state index is 13.8. The topological polar surface area (TPSA) is 117 Å². The van der Waals surface area contributed by atoms with Crippen LogP contribution in [0.25, 0.3) is 11.3 Å². The zero-order valence-corrected chi connectivity index (χ0v) is 19.8. The predicted octanol–water partition coefficient (Wildman–Crippen LogP) is 3.45. The summed E-state index contributed by atoms with van der Waals surface area (Å²) in [7, 11) is -4.21. The van der Waals surface area contributed by atoms with E-state index in [0.717, 1.165) is 23.3 Å². The van der Waals surface area contributed by atoms with E-state index >= 15 is 0 Å². The van der Waals surface area contributed by atoms with Gasteiger partial charge in [0.1, 0.15) is 10.7 Å². The zero-order chi connectivity index (χ0) is 24.2. The molecular weight excluding hydrogens is 467 g/mol. The van der Waals surface area contributed by atoms with Crippen molar-refractivity contribution in [3.05, 3.63) is 65.3 Å². The Kier molecular flexibility index (Phi) is 7.57. The van der Waals surface area contributed by atoms with Crippen molar-refractivity contribution in [2.45, 2.75) is 37.8 Å². The van der Waals surface area contributed by atoms with Gasteiger partial charge in [-0.25, -0.2) is 17.8 Å². The lowest BCUT2D eigenvalue weighted by Crippen LogP contribution is -2.41. The highest BCUT2D eigenvalue weighted by atomic mass is 32.2. The Balaban J connectivity index is 1.64. The van der Waals surface area contributed by atoms with Gasteiger partial charge in [0.2, 0.25) is 21.8 Å². The van der Waals surface area contributed by atoms with E-state index in [2.05, 4.69) is 20.3 Å². The molecule has 0 saturated heterocycles. The summed E-state index contributed by atoms with van der Waals surface area (Å²) in [4.78, 5) is 27.5. The molecule has 0 aliphatic heterocycles. The molecule has 0 aliphatic carbocycles. The van der Waals surface area contributed by atoms with Crippen molar-refractivity contribution >= 4 is 38.3 Å². The number of carbonyl (C=O) groups is 2. The van der Waals surface area contributed by atoms with Gasteiger partial charge in [-0.2, -0.15) is 4.72 Å². The molecule has 3 N–H and O–H groups in total. The zero-order valence-electron chi connectivity index (χ0n) is 18.1. The third-order valence-electron chi connectivity index (χ3n) is 4.71. The van der Waals surface area contributed by atoms with E-state index in [9.17, 15) is 22.4 Å². The minimum absolute atomic E-state index is 0.114. The number of hydrogen-bond donors (Lipinski definition) is 3. The molecule has 2 amide bonds. The third kappa shape index (κ3) is 6.21. The Bertz CT molecular complexity index is 1260. The van der Waals surface area contributed by atoms with Crippen molar-refractivity contribution in [1.82, 2.24) is 15.0 Å². The van der Waals surface area contributed by atoms with Crippen molar-refractivity contribution < 1.29 is 22.4 Å². The van der Waals surface area contributed by atoms with Gasteiger partial charge in [-0.1, -0.05) is 36.4 Å². The number of amides is 2. The summed E-state index contributed by atoms with van der Waals surface area (Å²) in [6.07, 6.45) is 0. The van der Waals surface area contributed by atoms with Crippen molar-refractivity contribution in [2.75, 3.05) is 5.32 Å². The highest BCUT2D eigenvalue weighted by Gasteiger charge is 2.25. The standard InChI is InChI=1S/C22H23FN4O4S2/c1-13(24-15(3)28)16-8-10-17(11-9-16)19-12-32-22(25-19)26-21(29)14(2)27-33(30,31)20-7-5-4-6-18(20)23/h4-14,27H,1-3H3,(H,24,28)(H,25,26,29)/t13?,14-/m0/s1. The van der Waals surface area contributed by atoms with Crippen LogP contribution in [0, 0.1) is 5.82 Å². The van der Waals surface area contributed by atoms with Crippen LogP contribution in [0.3, 0.4) is 0 Å². The highest BCUT2D eigenvalue weighted by molar-refractivity contribution is 7.89. The molecule has 0 aliphatic rings. The first-order valence-electron chi connectivity index (χ1n) is 9.97. The second-order valence-corrected chi connectivity index (χ2v) is 9.89. The summed E-state index contributed by atoms with van der Waals surface area (Å²) in [5.41, 5.74) is 2.39. The fraction of sp³-hybridized carbons (Fsp3) is 0.227. The van der Waals surface area contributed by atoms with Gasteiger partial charge in [-0.05, 0) is 31.5 Å². The van der Waals surface area contributed by atoms with Gasteiger partial charge in [-0.3, -0.25) is 9.59 Å². The van der Waals surface area contributed by atoms with Gasteiger partial charge in [-0.15, -0.1) is 11.3 Å². The number of sulfonamides is 1. The minimum atomic E-state index is -4.21. The van der Waals surface area contributed by atoms with Gasteiger partial charge in [0, 0.05) is 17.9 Å².